The van der Waals surface area contributed by atoms with Gasteiger partial charge >= 0.3 is 119 Å². The van der Waals surface area contributed by atoms with Gasteiger partial charge in [-0.2, -0.15) is 0 Å². The van der Waals surface area contributed by atoms with Gasteiger partial charge in [0.2, 0.25) is 0 Å². The zero-order chi connectivity index (χ0) is 13.1. The number of para-hydroxylation sites is 2. The standard InChI is InChI=1S/C16H17N2Se/c1-17-13-18(16-10-6-5-9-15(16)17)11-12-19-14-7-3-2-4-8-14/h2-10,13H,11-12H2,1H3/q+1. The Morgan fingerprint density at radius 3 is 2.58 bits per heavy atom. The Labute approximate surface area is 119 Å². The van der Waals surface area contributed by atoms with Crippen LogP contribution in [0.4, 0.5) is 0 Å². The number of aryl methyl sites for hydroxylation is 2. The molecular formula is C16H17N2Se+. The normalized spacial score (nSPS) is 11.0. The van der Waals surface area contributed by atoms with Gasteiger partial charge in [0.05, 0.1) is 0 Å². The van der Waals surface area contributed by atoms with Gasteiger partial charge in [-0.05, 0) is 0 Å². The van der Waals surface area contributed by atoms with E-state index in [0.717, 1.165) is 6.54 Å². The second kappa shape index (κ2) is 5.60. The zero-order valence-corrected chi connectivity index (χ0v) is 12.7. The van der Waals surface area contributed by atoms with E-state index in [1.54, 1.807) is 0 Å². The van der Waals surface area contributed by atoms with Crippen molar-refractivity contribution in [3.63, 3.8) is 0 Å². The Morgan fingerprint density at radius 2 is 1.74 bits per heavy atom. The molecule has 0 N–H and O–H groups in total. The first-order valence-electron chi connectivity index (χ1n) is 6.46. The molecule has 0 unspecified atom stereocenters. The van der Waals surface area contributed by atoms with Crippen LogP contribution in [-0.2, 0) is 13.6 Å². The van der Waals surface area contributed by atoms with Crippen LogP contribution >= 0.6 is 0 Å². The van der Waals surface area contributed by atoms with Crippen molar-refractivity contribution in [2.75, 3.05) is 0 Å². The van der Waals surface area contributed by atoms with E-state index in [1.807, 2.05) is 0 Å². The fraction of sp³-hybridized carbons (Fsp3) is 0.188. The molecule has 96 valence electrons. The molecule has 0 fully saturated rings. The molecule has 3 rings (SSSR count). The van der Waals surface area contributed by atoms with Gasteiger partial charge < -0.3 is 0 Å². The Balaban J connectivity index is 1.72. The summed E-state index contributed by atoms with van der Waals surface area (Å²) in [6.45, 7) is 1.09. The number of nitrogens with zero attached hydrogens (tertiary/aromatic N) is 2. The van der Waals surface area contributed by atoms with Crippen LogP contribution in [0, 0.1) is 0 Å². The van der Waals surface area contributed by atoms with Gasteiger partial charge in [-0.15, -0.1) is 0 Å². The SMILES string of the molecule is C[n+]1cn(CC[Se]c2ccccc2)c2ccccc21. The summed E-state index contributed by atoms with van der Waals surface area (Å²) in [7, 11) is 2.11. The van der Waals surface area contributed by atoms with Crippen molar-refractivity contribution in [3.05, 3.63) is 60.9 Å². The summed E-state index contributed by atoms with van der Waals surface area (Å²) in [5.74, 6) is 0. The Hall–Kier alpha value is -1.57. The maximum atomic E-state index is 2.36. The second-order valence-corrected chi connectivity index (χ2v) is 7.02. The first kappa shape index (κ1) is 12.5. The maximum absolute atomic E-state index is 2.36. The number of aromatic nitrogens is 2. The van der Waals surface area contributed by atoms with E-state index < -0.39 is 0 Å². The van der Waals surface area contributed by atoms with Crippen molar-refractivity contribution >= 4 is 30.5 Å². The van der Waals surface area contributed by atoms with Crippen molar-refractivity contribution in [2.24, 2.45) is 7.05 Å². The molecule has 0 spiro atoms. The zero-order valence-electron chi connectivity index (χ0n) is 11.0. The number of fused-ring (bicyclic) bond motifs is 1. The van der Waals surface area contributed by atoms with Crippen LogP contribution in [0.25, 0.3) is 11.0 Å². The molecule has 0 aliphatic heterocycles. The Morgan fingerprint density at radius 1 is 1.00 bits per heavy atom. The fourth-order valence-electron chi connectivity index (χ4n) is 2.30. The fourth-order valence-corrected chi connectivity index (χ4v) is 4.13. The predicted molar refractivity (Wildman–Crippen MR) is 79.8 cm³/mol. The number of benzene rings is 2. The molecular weight excluding hydrogens is 299 g/mol. The van der Waals surface area contributed by atoms with E-state index >= 15 is 0 Å². The van der Waals surface area contributed by atoms with E-state index in [-0.39, 0.29) is 0 Å². The topological polar surface area (TPSA) is 8.81 Å². The number of rotatable bonds is 4. The first-order chi connectivity index (χ1) is 9.34. The summed E-state index contributed by atoms with van der Waals surface area (Å²) in [6, 6.07) is 19.4. The van der Waals surface area contributed by atoms with Gasteiger partial charge in [-0.3, -0.25) is 0 Å². The molecule has 0 saturated heterocycles. The van der Waals surface area contributed by atoms with Gasteiger partial charge in [0.15, 0.2) is 0 Å². The van der Waals surface area contributed by atoms with Crippen molar-refractivity contribution in [2.45, 2.75) is 11.9 Å². The minimum absolute atomic E-state index is 0.561. The van der Waals surface area contributed by atoms with Crippen molar-refractivity contribution in [1.82, 2.24) is 4.57 Å². The third kappa shape index (κ3) is 2.73. The molecule has 0 atom stereocenters. The monoisotopic (exact) mass is 317 g/mol. The third-order valence-electron chi connectivity index (χ3n) is 3.23. The van der Waals surface area contributed by atoms with E-state index in [9.17, 15) is 0 Å². The van der Waals surface area contributed by atoms with Crippen LogP contribution in [0.1, 0.15) is 0 Å². The molecule has 3 heteroatoms. The molecule has 1 aromatic heterocycles. The van der Waals surface area contributed by atoms with Crippen LogP contribution in [0.3, 0.4) is 0 Å². The molecule has 19 heavy (non-hydrogen) atoms. The molecule has 0 aliphatic rings. The molecule has 1 heterocycles. The predicted octanol–water partition coefficient (Wildman–Crippen LogP) is 1.91. The molecule has 2 aromatic carbocycles. The van der Waals surface area contributed by atoms with E-state index in [2.05, 4.69) is 77.1 Å². The molecule has 0 amide bonds. The van der Waals surface area contributed by atoms with Crippen LogP contribution in [0.5, 0.6) is 0 Å². The quantitative estimate of drug-likeness (QED) is 0.514. The molecule has 2 nitrogen and oxygen atoms in total. The van der Waals surface area contributed by atoms with Gasteiger partial charge in [0, 0.05) is 0 Å². The number of hydrogen-bond donors (Lipinski definition) is 0. The van der Waals surface area contributed by atoms with Crippen molar-refractivity contribution < 1.29 is 4.57 Å². The average molecular weight is 316 g/mol. The summed E-state index contributed by atoms with van der Waals surface area (Å²) < 4.78 is 6.04. The van der Waals surface area contributed by atoms with E-state index in [4.69, 9.17) is 0 Å². The van der Waals surface area contributed by atoms with Crippen LogP contribution in [-0.4, -0.2) is 19.5 Å². The van der Waals surface area contributed by atoms with Gasteiger partial charge in [-0.1, -0.05) is 0 Å². The summed E-state index contributed by atoms with van der Waals surface area (Å²) >= 11 is 0.561. The number of imidazole rings is 1. The van der Waals surface area contributed by atoms with Crippen LogP contribution in [0.15, 0.2) is 60.9 Å². The van der Waals surface area contributed by atoms with Crippen LogP contribution < -0.4 is 9.03 Å². The van der Waals surface area contributed by atoms with Gasteiger partial charge in [-0.25, -0.2) is 0 Å². The Bertz CT molecular complexity index is 674. The average Bonchev–Trinajstić information content (AvgIpc) is 2.78. The summed E-state index contributed by atoms with van der Waals surface area (Å²) in [4.78, 5) is 0. The summed E-state index contributed by atoms with van der Waals surface area (Å²) in [5.41, 5.74) is 2.63. The van der Waals surface area contributed by atoms with Crippen LogP contribution in [0.2, 0.25) is 5.32 Å². The molecule has 0 radical (unpaired) electrons. The van der Waals surface area contributed by atoms with E-state index in [1.165, 1.54) is 20.8 Å². The van der Waals surface area contributed by atoms with Gasteiger partial charge in [0.1, 0.15) is 0 Å². The minimum atomic E-state index is 0.561. The van der Waals surface area contributed by atoms with Crippen molar-refractivity contribution in [1.29, 1.82) is 0 Å². The summed E-state index contributed by atoms with van der Waals surface area (Å²) in [6.07, 6.45) is 2.20. The van der Waals surface area contributed by atoms with Gasteiger partial charge in [0.25, 0.3) is 0 Å². The summed E-state index contributed by atoms with van der Waals surface area (Å²) in [5, 5.41) is 1.23. The third-order valence-corrected chi connectivity index (χ3v) is 5.31. The number of hydrogen-bond acceptors (Lipinski definition) is 0. The molecule has 0 bridgehead atoms. The van der Waals surface area contributed by atoms with E-state index in [0.29, 0.717) is 15.0 Å². The molecule has 3 aromatic rings. The second-order valence-electron chi connectivity index (χ2n) is 4.57. The van der Waals surface area contributed by atoms with Crippen molar-refractivity contribution in [3.8, 4) is 0 Å². The molecule has 0 aliphatic carbocycles. The first-order valence-corrected chi connectivity index (χ1v) is 8.53. The Kier molecular flexibility index (Phi) is 3.67. The molecule has 0 saturated carbocycles.